The lowest BCUT2D eigenvalue weighted by molar-refractivity contribution is 0.102. The van der Waals surface area contributed by atoms with Gasteiger partial charge in [-0.25, -0.2) is 8.42 Å². The van der Waals surface area contributed by atoms with Crippen molar-refractivity contribution in [3.63, 3.8) is 0 Å². The Hall–Kier alpha value is -2.74. The van der Waals surface area contributed by atoms with Gasteiger partial charge in [-0.05, 0) is 24.3 Å². The number of methoxy groups -OCH3 is 1. The van der Waals surface area contributed by atoms with Crippen LogP contribution in [0.5, 0.6) is 11.5 Å². The van der Waals surface area contributed by atoms with Crippen molar-refractivity contribution in [3.05, 3.63) is 48.0 Å². The van der Waals surface area contributed by atoms with Crippen LogP contribution in [0.25, 0.3) is 0 Å². The third kappa shape index (κ3) is 3.53. The molecule has 3 rings (SSSR count). The van der Waals surface area contributed by atoms with E-state index < -0.39 is 10.0 Å². The van der Waals surface area contributed by atoms with Gasteiger partial charge < -0.3 is 14.8 Å². The molecule has 0 spiro atoms. The number of anilines is 2. The monoisotopic (exact) mass is 362 g/mol. The lowest BCUT2D eigenvalue weighted by Gasteiger charge is -2.29. The quantitative estimate of drug-likeness (QED) is 0.900. The molecule has 132 valence electrons. The standard InChI is InChI=1S/C17H18N2O5S/c1-23-15-6-4-3-5-13(15)17(20)18-12-7-8-14-16(11-12)24-10-9-19(14)25(2,21)22/h3-8,11H,9-10H2,1-2H3,(H,18,20). The molecule has 0 saturated heterocycles. The molecule has 0 bridgehead atoms. The van der Waals surface area contributed by atoms with Gasteiger partial charge in [0.25, 0.3) is 5.91 Å². The molecular weight excluding hydrogens is 344 g/mol. The van der Waals surface area contributed by atoms with Crippen LogP contribution >= 0.6 is 0 Å². The third-order valence-corrected chi connectivity index (χ3v) is 4.97. The average molecular weight is 362 g/mol. The fourth-order valence-corrected chi connectivity index (χ4v) is 3.56. The van der Waals surface area contributed by atoms with Crippen molar-refractivity contribution >= 4 is 27.3 Å². The van der Waals surface area contributed by atoms with Crippen LogP contribution in [0.2, 0.25) is 0 Å². The predicted octanol–water partition coefficient (Wildman–Crippen LogP) is 2.11. The predicted molar refractivity (Wildman–Crippen MR) is 95.1 cm³/mol. The summed E-state index contributed by atoms with van der Waals surface area (Å²) in [7, 11) is -1.88. The first-order valence-corrected chi connectivity index (χ1v) is 9.44. The van der Waals surface area contributed by atoms with Gasteiger partial charge in [0.1, 0.15) is 18.1 Å². The molecule has 2 aromatic rings. The van der Waals surface area contributed by atoms with Crippen molar-refractivity contribution in [1.29, 1.82) is 0 Å². The van der Waals surface area contributed by atoms with Gasteiger partial charge in [0, 0.05) is 11.8 Å². The Bertz CT molecular complexity index is 911. The summed E-state index contributed by atoms with van der Waals surface area (Å²) in [6, 6.07) is 11.8. The molecule has 1 amide bonds. The molecule has 0 radical (unpaired) electrons. The van der Waals surface area contributed by atoms with Crippen molar-refractivity contribution in [2.24, 2.45) is 0 Å². The number of ether oxygens (including phenoxy) is 2. The summed E-state index contributed by atoms with van der Waals surface area (Å²) in [4.78, 5) is 12.4. The number of para-hydroxylation sites is 1. The number of nitrogens with zero attached hydrogens (tertiary/aromatic N) is 1. The number of benzene rings is 2. The first-order chi connectivity index (χ1) is 11.9. The van der Waals surface area contributed by atoms with E-state index in [0.717, 1.165) is 6.26 Å². The van der Waals surface area contributed by atoms with E-state index in [1.54, 1.807) is 42.5 Å². The van der Waals surface area contributed by atoms with E-state index in [1.807, 2.05) is 0 Å². The zero-order valence-electron chi connectivity index (χ0n) is 13.9. The fourth-order valence-electron chi connectivity index (χ4n) is 2.65. The number of hydrogen-bond acceptors (Lipinski definition) is 5. The van der Waals surface area contributed by atoms with E-state index in [1.165, 1.54) is 11.4 Å². The molecule has 0 fully saturated rings. The Morgan fingerprint density at radius 2 is 2.00 bits per heavy atom. The van der Waals surface area contributed by atoms with E-state index >= 15 is 0 Å². The number of carbonyl (C=O) groups is 1. The Kier molecular flexibility index (Phi) is 4.54. The molecule has 0 aliphatic carbocycles. The largest absolute Gasteiger partial charge is 0.496 e. The zero-order chi connectivity index (χ0) is 18.0. The second-order valence-electron chi connectivity index (χ2n) is 5.52. The highest BCUT2D eigenvalue weighted by Crippen LogP contribution is 2.35. The van der Waals surface area contributed by atoms with Crippen LogP contribution in [0.4, 0.5) is 11.4 Å². The number of hydrogen-bond donors (Lipinski definition) is 1. The highest BCUT2D eigenvalue weighted by Gasteiger charge is 2.25. The van der Waals surface area contributed by atoms with E-state index in [4.69, 9.17) is 9.47 Å². The Balaban J connectivity index is 1.87. The average Bonchev–Trinajstić information content (AvgIpc) is 2.60. The van der Waals surface area contributed by atoms with Gasteiger partial charge in [0.15, 0.2) is 0 Å². The zero-order valence-corrected chi connectivity index (χ0v) is 14.7. The Morgan fingerprint density at radius 3 is 2.72 bits per heavy atom. The molecular formula is C17H18N2O5S. The second kappa shape index (κ2) is 6.64. The van der Waals surface area contributed by atoms with E-state index in [9.17, 15) is 13.2 Å². The summed E-state index contributed by atoms with van der Waals surface area (Å²) in [5.41, 5.74) is 1.37. The van der Waals surface area contributed by atoms with Gasteiger partial charge in [-0.1, -0.05) is 12.1 Å². The third-order valence-electron chi connectivity index (χ3n) is 3.79. The maximum atomic E-state index is 12.4. The normalized spacial score (nSPS) is 13.6. The molecule has 1 heterocycles. The molecule has 1 aliphatic rings. The number of nitrogens with one attached hydrogen (secondary N) is 1. The second-order valence-corrected chi connectivity index (χ2v) is 7.43. The summed E-state index contributed by atoms with van der Waals surface area (Å²) in [6.07, 6.45) is 1.15. The molecule has 0 saturated carbocycles. The lowest BCUT2D eigenvalue weighted by Crippen LogP contribution is -2.37. The van der Waals surface area contributed by atoms with E-state index in [2.05, 4.69) is 5.32 Å². The van der Waals surface area contributed by atoms with Crippen LogP contribution in [0, 0.1) is 0 Å². The molecule has 0 atom stereocenters. The number of fused-ring (bicyclic) bond motifs is 1. The fraction of sp³-hybridized carbons (Fsp3) is 0.235. The minimum absolute atomic E-state index is 0.254. The SMILES string of the molecule is COc1ccccc1C(=O)Nc1ccc2c(c1)OCCN2S(C)(=O)=O. The van der Waals surface area contributed by atoms with Crippen molar-refractivity contribution in [2.45, 2.75) is 0 Å². The first-order valence-electron chi connectivity index (χ1n) is 7.59. The minimum atomic E-state index is -3.38. The van der Waals surface area contributed by atoms with Crippen LogP contribution in [0.3, 0.4) is 0 Å². The van der Waals surface area contributed by atoms with Crippen molar-refractivity contribution in [1.82, 2.24) is 0 Å². The highest BCUT2D eigenvalue weighted by molar-refractivity contribution is 7.92. The van der Waals surface area contributed by atoms with Crippen molar-refractivity contribution in [3.8, 4) is 11.5 Å². The summed E-state index contributed by atoms with van der Waals surface area (Å²) < 4.78 is 35.7. The maximum absolute atomic E-state index is 12.4. The Labute approximate surface area is 146 Å². The molecule has 0 aromatic heterocycles. The molecule has 1 aliphatic heterocycles. The van der Waals surface area contributed by atoms with Gasteiger partial charge in [0.05, 0.1) is 31.2 Å². The minimum Gasteiger partial charge on any atom is -0.496 e. The van der Waals surface area contributed by atoms with Crippen molar-refractivity contribution in [2.75, 3.05) is 36.1 Å². The molecule has 2 aromatic carbocycles. The number of carbonyl (C=O) groups excluding carboxylic acids is 1. The van der Waals surface area contributed by atoms with Gasteiger partial charge in [-0.15, -0.1) is 0 Å². The molecule has 25 heavy (non-hydrogen) atoms. The molecule has 0 unspecified atom stereocenters. The number of sulfonamides is 1. The maximum Gasteiger partial charge on any atom is 0.259 e. The summed E-state index contributed by atoms with van der Waals surface area (Å²) in [5.74, 6) is 0.556. The van der Waals surface area contributed by atoms with Crippen LogP contribution in [-0.4, -0.2) is 40.8 Å². The lowest BCUT2D eigenvalue weighted by atomic mass is 10.1. The molecule has 7 nitrogen and oxygen atoms in total. The summed E-state index contributed by atoms with van der Waals surface area (Å²) >= 11 is 0. The van der Waals surface area contributed by atoms with E-state index in [-0.39, 0.29) is 19.1 Å². The topological polar surface area (TPSA) is 84.9 Å². The van der Waals surface area contributed by atoms with Crippen LogP contribution in [0.15, 0.2) is 42.5 Å². The van der Waals surface area contributed by atoms with Crippen molar-refractivity contribution < 1.29 is 22.7 Å². The van der Waals surface area contributed by atoms with Crippen LogP contribution in [0.1, 0.15) is 10.4 Å². The smallest absolute Gasteiger partial charge is 0.259 e. The molecule has 8 heteroatoms. The highest BCUT2D eigenvalue weighted by atomic mass is 32.2. The number of rotatable bonds is 4. The van der Waals surface area contributed by atoms with E-state index in [0.29, 0.717) is 28.4 Å². The number of amides is 1. The summed E-state index contributed by atoms with van der Waals surface area (Å²) in [6.45, 7) is 0.517. The van der Waals surface area contributed by atoms with Gasteiger partial charge in [-0.3, -0.25) is 9.10 Å². The molecule has 1 N–H and O–H groups in total. The van der Waals surface area contributed by atoms with Crippen LogP contribution in [-0.2, 0) is 10.0 Å². The Morgan fingerprint density at radius 1 is 1.24 bits per heavy atom. The van der Waals surface area contributed by atoms with Gasteiger partial charge in [-0.2, -0.15) is 0 Å². The summed E-state index contributed by atoms with van der Waals surface area (Å²) in [5, 5.41) is 2.77. The first kappa shape index (κ1) is 17.1. The van der Waals surface area contributed by atoms with Gasteiger partial charge >= 0.3 is 0 Å². The van der Waals surface area contributed by atoms with Gasteiger partial charge in [0.2, 0.25) is 10.0 Å². The van der Waals surface area contributed by atoms with Crippen LogP contribution < -0.4 is 19.1 Å².